The summed E-state index contributed by atoms with van der Waals surface area (Å²) >= 11 is 1.44. The van der Waals surface area contributed by atoms with Gasteiger partial charge in [-0.15, -0.1) is 0 Å². The van der Waals surface area contributed by atoms with Crippen molar-refractivity contribution in [3.05, 3.63) is 28.1 Å². The Balaban J connectivity index is 3.18. The topological polar surface area (TPSA) is 115 Å². The summed E-state index contributed by atoms with van der Waals surface area (Å²) in [6.07, 6.45) is 1.81. The first-order valence-corrected chi connectivity index (χ1v) is 8.49. The summed E-state index contributed by atoms with van der Waals surface area (Å²) in [6, 6.07) is 1.35. The zero-order valence-corrected chi connectivity index (χ0v) is 13.3. The highest BCUT2D eigenvalue weighted by molar-refractivity contribution is 8.00. The summed E-state index contributed by atoms with van der Waals surface area (Å²) in [5, 5.41) is 10.6. The van der Waals surface area contributed by atoms with Crippen LogP contribution in [0.4, 0.5) is 15.8 Å². The smallest absolute Gasteiger partial charge is 0.274 e. The third-order valence-corrected chi connectivity index (χ3v) is 5.52. The fourth-order valence-electron chi connectivity index (χ4n) is 1.40. The lowest BCUT2D eigenvalue weighted by atomic mass is 10.2. The number of anilines is 1. The Morgan fingerprint density at radius 2 is 2.05 bits per heavy atom. The van der Waals surface area contributed by atoms with E-state index < -0.39 is 37.0 Å². The van der Waals surface area contributed by atoms with E-state index in [1.807, 2.05) is 20.1 Å². The van der Waals surface area contributed by atoms with Crippen LogP contribution in [-0.4, -0.2) is 30.9 Å². The van der Waals surface area contributed by atoms with E-state index in [1.54, 1.807) is 0 Å². The number of non-ortho nitro benzene ring substituents is 1. The minimum absolute atomic E-state index is 0.0619. The lowest BCUT2D eigenvalue weighted by Crippen LogP contribution is -2.36. The number of sulfonamides is 1. The van der Waals surface area contributed by atoms with E-state index >= 15 is 0 Å². The van der Waals surface area contributed by atoms with Gasteiger partial charge >= 0.3 is 0 Å². The van der Waals surface area contributed by atoms with Gasteiger partial charge in [-0.3, -0.25) is 10.1 Å². The summed E-state index contributed by atoms with van der Waals surface area (Å²) in [5.41, 5.74) is 4.34. The Hall–Kier alpha value is -1.39. The number of nitrogens with two attached hydrogens (primary N) is 1. The Labute approximate surface area is 126 Å². The highest BCUT2D eigenvalue weighted by Crippen LogP contribution is 2.28. The standard InChI is InChI=1S/C11H16FN3O4S2/c1-11(2,20-3)6-14-21(18,19)10-8(12)4-7(15(16)17)5-9(10)13/h4-5,14H,6,13H2,1-3H3. The highest BCUT2D eigenvalue weighted by atomic mass is 32.2. The summed E-state index contributed by atoms with van der Waals surface area (Å²) in [4.78, 5) is 8.96. The van der Waals surface area contributed by atoms with Crippen LogP contribution >= 0.6 is 11.8 Å². The quantitative estimate of drug-likeness (QED) is 0.464. The van der Waals surface area contributed by atoms with Crippen LogP contribution in [0.2, 0.25) is 0 Å². The molecule has 0 amide bonds. The van der Waals surface area contributed by atoms with Gasteiger partial charge in [0.2, 0.25) is 10.0 Å². The number of nitrogen functional groups attached to an aromatic ring is 1. The maximum Gasteiger partial charge on any atom is 0.274 e. The Morgan fingerprint density at radius 1 is 1.48 bits per heavy atom. The molecule has 0 saturated heterocycles. The van der Waals surface area contributed by atoms with Crippen LogP contribution in [0.15, 0.2) is 17.0 Å². The Bertz CT molecular complexity index is 638. The summed E-state index contributed by atoms with van der Waals surface area (Å²) in [6.45, 7) is 3.69. The van der Waals surface area contributed by atoms with Crippen molar-refractivity contribution in [3.8, 4) is 0 Å². The van der Waals surface area contributed by atoms with E-state index in [0.717, 1.165) is 6.07 Å². The Kier molecular flexibility index (Phi) is 5.18. The van der Waals surface area contributed by atoms with E-state index in [-0.39, 0.29) is 11.3 Å². The van der Waals surface area contributed by atoms with Gasteiger partial charge < -0.3 is 5.73 Å². The first-order valence-electron chi connectivity index (χ1n) is 5.78. The molecule has 0 atom stereocenters. The van der Waals surface area contributed by atoms with Gasteiger partial charge in [0.15, 0.2) is 5.82 Å². The molecule has 1 rings (SSSR count). The molecule has 10 heteroatoms. The molecular formula is C11H16FN3O4S2. The lowest BCUT2D eigenvalue weighted by molar-refractivity contribution is -0.385. The molecule has 0 aliphatic carbocycles. The van der Waals surface area contributed by atoms with Crippen molar-refractivity contribution in [2.45, 2.75) is 23.5 Å². The van der Waals surface area contributed by atoms with Gasteiger partial charge in [-0.2, -0.15) is 11.8 Å². The normalized spacial score (nSPS) is 12.4. The van der Waals surface area contributed by atoms with Gasteiger partial charge in [-0.25, -0.2) is 17.5 Å². The van der Waals surface area contributed by atoms with Gasteiger partial charge in [0.25, 0.3) is 5.69 Å². The van der Waals surface area contributed by atoms with Crippen molar-refractivity contribution in [2.24, 2.45) is 0 Å². The van der Waals surface area contributed by atoms with Crippen molar-refractivity contribution < 1.29 is 17.7 Å². The van der Waals surface area contributed by atoms with Crippen molar-refractivity contribution in [1.29, 1.82) is 0 Å². The Morgan fingerprint density at radius 3 is 2.48 bits per heavy atom. The number of nitrogens with one attached hydrogen (secondary N) is 1. The molecule has 0 bridgehead atoms. The minimum Gasteiger partial charge on any atom is -0.397 e. The number of halogens is 1. The number of nitro benzene ring substituents is 1. The maximum absolute atomic E-state index is 13.9. The van der Waals surface area contributed by atoms with Crippen LogP contribution < -0.4 is 10.5 Å². The van der Waals surface area contributed by atoms with E-state index in [9.17, 15) is 22.9 Å². The van der Waals surface area contributed by atoms with Crippen molar-refractivity contribution >= 4 is 33.2 Å². The van der Waals surface area contributed by atoms with Crippen LogP contribution in [0.25, 0.3) is 0 Å². The van der Waals surface area contributed by atoms with E-state index in [2.05, 4.69) is 4.72 Å². The maximum atomic E-state index is 13.9. The second kappa shape index (κ2) is 6.16. The van der Waals surface area contributed by atoms with Gasteiger partial charge in [0, 0.05) is 17.4 Å². The molecule has 0 fully saturated rings. The van der Waals surface area contributed by atoms with Gasteiger partial charge in [0.1, 0.15) is 4.90 Å². The fourth-order valence-corrected chi connectivity index (χ4v) is 3.09. The predicted octanol–water partition coefficient (Wildman–Crippen LogP) is 1.74. The SMILES string of the molecule is CSC(C)(C)CNS(=O)(=O)c1c(N)cc([N+](=O)[O-])cc1F. The third kappa shape index (κ3) is 4.29. The van der Waals surface area contributed by atoms with E-state index in [1.165, 1.54) is 11.8 Å². The average Bonchev–Trinajstić information content (AvgIpc) is 2.35. The van der Waals surface area contributed by atoms with Gasteiger partial charge in [0.05, 0.1) is 16.7 Å². The molecule has 7 nitrogen and oxygen atoms in total. The number of hydrogen-bond donors (Lipinski definition) is 2. The van der Waals surface area contributed by atoms with Crippen LogP contribution in [0.5, 0.6) is 0 Å². The zero-order valence-electron chi connectivity index (χ0n) is 11.7. The highest BCUT2D eigenvalue weighted by Gasteiger charge is 2.28. The molecule has 0 radical (unpaired) electrons. The second-order valence-corrected chi connectivity index (χ2v) is 8.11. The molecule has 0 aliphatic heterocycles. The molecular weight excluding hydrogens is 321 g/mol. The number of nitro groups is 1. The fraction of sp³-hybridized carbons (Fsp3) is 0.455. The summed E-state index contributed by atoms with van der Waals surface area (Å²) < 4.78 is 39.9. The molecule has 0 aromatic heterocycles. The first-order chi connectivity index (χ1) is 9.50. The number of nitrogens with zero attached hydrogens (tertiary/aromatic N) is 1. The van der Waals surface area contributed by atoms with Gasteiger partial charge in [-0.05, 0) is 20.1 Å². The molecule has 3 N–H and O–H groups in total. The summed E-state index contributed by atoms with van der Waals surface area (Å²) in [7, 11) is -4.19. The number of benzene rings is 1. The lowest BCUT2D eigenvalue weighted by Gasteiger charge is -2.22. The molecule has 1 aromatic carbocycles. The van der Waals surface area contributed by atoms with Crippen molar-refractivity contribution in [2.75, 3.05) is 18.5 Å². The first kappa shape index (κ1) is 17.7. The van der Waals surface area contributed by atoms with Crippen molar-refractivity contribution in [3.63, 3.8) is 0 Å². The number of hydrogen-bond acceptors (Lipinski definition) is 6. The molecule has 0 aliphatic rings. The zero-order chi connectivity index (χ0) is 16.4. The van der Waals surface area contributed by atoms with Crippen molar-refractivity contribution in [1.82, 2.24) is 4.72 Å². The molecule has 0 heterocycles. The van der Waals surface area contributed by atoms with Crippen LogP contribution in [-0.2, 0) is 10.0 Å². The van der Waals surface area contributed by atoms with Crippen LogP contribution in [0.1, 0.15) is 13.8 Å². The van der Waals surface area contributed by atoms with E-state index in [4.69, 9.17) is 5.73 Å². The minimum atomic E-state index is -4.19. The molecule has 0 saturated carbocycles. The summed E-state index contributed by atoms with van der Waals surface area (Å²) in [5.74, 6) is -1.25. The monoisotopic (exact) mass is 337 g/mol. The number of rotatable bonds is 6. The molecule has 0 spiro atoms. The van der Waals surface area contributed by atoms with Crippen LogP contribution in [0.3, 0.4) is 0 Å². The second-order valence-electron chi connectivity index (χ2n) is 4.89. The molecule has 0 unspecified atom stereocenters. The predicted molar refractivity (Wildman–Crippen MR) is 80.2 cm³/mol. The molecule has 21 heavy (non-hydrogen) atoms. The largest absolute Gasteiger partial charge is 0.397 e. The van der Waals surface area contributed by atoms with Crippen LogP contribution in [0, 0.1) is 15.9 Å². The average molecular weight is 337 g/mol. The third-order valence-electron chi connectivity index (χ3n) is 2.78. The molecule has 118 valence electrons. The number of thioether (sulfide) groups is 1. The van der Waals surface area contributed by atoms with Gasteiger partial charge in [-0.1, -0.05) is 0 Å². The van der Waals surface area contributed by atoms with E-state index in [0.29, 0.717) is 6.07 Å². The molecule has 1 aromatic rings.